The standard InChI is InChI=1S/C26H35Cl2N9O3/c1-2-14-13-36(24-21(28)33-20(23(30)34-24)25(39)31-17-4-5-18(17)38)11-12-37(14)15-7-9-35(10-8-15)26(40)16-3-6-19(27)32-22(16)29/h3,6,14-15,17-18,38H,2,4-5,7-13H2,1H3,(H2,29,32)(H2,30,34)(H,31,39)/t14-,17-,18+/m0/s1. The van der Waals surface area contributed by atoms with Gasteiger partial charge in [0.05, 0.1) is 17.7 Å². The van der Waals surface area contributed by atoms with Gasteiger partial charge in [0, 0.05) is 44.8 Å². The molecule has 3 atom stereocenters. The minimum Gasteiger partial charge on any atom is -0.391 e. The Kier molecular flexibility index (Phi) is 8.50. The highest BCUT2D eigenvalue weighted by atomic mass is 35.5. The van der Waals surface area contributed by atoms with Crippen molar-refractivity contribution in [2.45, 2.75) is 63.3 Å². The van der Waals surface area contributed by atoms with Gasteiger partial charge >= 0.3 is 0 Å². The molecular weight excluding hydrogens is 557 g/mol. The fraction of sp³-hybridized carbons (Fsp3) is 0.577. The molecule has 2 amide bonds. The highest BCUT2D eigenvalue weighted by Crippen LogP contribution is 2.30. The number of pyridine rings is 1. The molecule has 5 rings (SSSR count). The maximum atomic E-state index is 13.0. The number of nitrogens with two attached hydrogens (primary N) is 2. The smallest absolute Gasteiger partial charge is 0.274 e. The van der Waals surface area contributed by atoms with Gasteiger partial charge in [-0.3, -0.25) is 14.5 Å². The number of carbonyl (C=O) groups is 2. The molecule has 0 spiro atoms. The zero-order valence-electron chi connectivity index (χ0n) is 22.4. The van der Waals surface area contributed by atoms with E-state index in [-0.39, 0.29) is 45.6 Å². The van der Waals surface area contributed by atoms with Gasteiger partial charge in [0.1, 0.15) is 11.0 Å². The number of rotatable bonds is 6. The summed E-state index contributed by atoms with van der Waals surface area (Å²) in [7, 11) is 0. The number of hydrogen-bond acceptors (Lipinski definition) is 10. The molecule has 2 aromatic heterocycles. The number of anilines is 3. The van der Waals surface area contributed by atoms with Gasteiger partial charge in [-0.1, -0.05) is 30.1 Å². The summed E-state index contributed by atoms with van der Waals surface area (Å²) >= 11 is 12.4. The maximum Gasteiger partial charge on any atom is 0.274 e. The molecule has 0 aromatic carbocycles. The monoisotopic (exact) mass is 591 g/mol. The van der Waals surface area contributed by atoms with Gasteiger partial charge in [0.15, 0.2) is 22.5 Å². The number of amides is 2. The van der Waals surface area contributed by atoms with Crippen LogP contribution in [-0.2, 0) is 0 Å². The van der Waals surface area contributed by atoms with Crippen molar-refractivity contribution in [2.24, 2.45) is 0 Å². The van der Waals surface area contributed by atoms with Crippen molar-refractivity contribution in [3.05, 3.63) is 33.7 Å². The third-order valence-corrected chi connectivity index (χ3v) is 8.74. The van der Waals surface area contributed by atoms with Gasteiger partial charge in [0.25, 0.3) is 11.8 Å². The first kappa shape index (κ1) is 28.6. The lowest BCUT2D eigenvalue weighted by atomic mass is 9.89. The van der Waals surface area contributed by atoms with Crippen molar-refractivity contribution in [2.75, 3.05) is 49.1 Å². The van der Waals surface area contributed by atoms with E-state index in [4.69, 9.17) is 34.7 Å². The number of carbonyl (C=O) groups excluding carboxylic acids is 2. The topological polar surface area (TPSA) is 167 Å². The summed E-state index contributed by atoms with van der Waals surface area (Å²) in [6.07, 6.45) is 3.45. The zero-order valence-corrected chi connectivity index (χ0v) is 23.9. The summed E-state index contributed by atoms with van der Waals surface area (Å²) in [4.78, 5) is 44.8. The minimum atomic E-state index is -0.553. The van der Waals surface area contributed by atoms with Crippen LogP contribution in [0.25, 0.3) is 0 Å². The van der Waals surface area contributed by atoms with E-state index in [0.717, 1.165) is 25.8 Å². The highest BCUT2D eigenvalue weighted by molar-refractivity contribution is 6.32. The number of nitrogens with zero attached hydrogens (tertiary/aromatic N) is 6. The molecule has 216 valence electrons. The van der Waals surface area contributed by atoms with E-state index < -0.39 is 12.0 Å². The molecular formula is C26H35Cl2N9O3. The van der Waals surface area contributed by atoms with Crippen molar-refractivity contribution in [3.8, 4) is 0 Å². The lowest BCUT2D eigenvalue weighted by molar-refractivity contribution is 0.0446. The van der Waals surface area contributed by atoms with E-state index in [9.17, 15) is 14.7 Å². The Hall–Kier alpha value is -2.93. The summed E-state index contributed by atoms with van der Waals surface area (Å²) in [6, 6.07) is 3.50. The number of piperidine rings is 1. The Morgan fingerprint density at radius 3 is 2.40 bits per heavy atom. The highest BCUT2D eigenvalue weighted by Gasteiger charge is 2.36. The predicted molar refractivity (Wildman–Crippen MR) is 154 cm³/mol. The van der Waals surface area contributed by atoms with Gasteiger partial charge in [-0.2, -0.15) is 0 Å². The first-order chi connectivity index (χ1) is 19.2. The molecule has 0 unspecified atom stereocenters. The summed E-state index contributed by atoms with van der Waals surface area (Å²) in [5.41, 5.74) is 12.4. The number of likely N-dealkylation sites (tertiary alicyclic amines) is 1. The molecule has 1 saturated carbocycles. The van der Waals surface area contributed by atoms with E-state index in [1.165, 1.54) is 0 Å². The van der Waals surface area contributed by atoms with Crippen LogP contribution in [0.15, 0.2) is 12.1 Å². The molecule has 40 heavy (non-hydrogen) atoms. The van der Waals surface area contributed by atoms with Crippen molar-refractivity contribution < 1.29 is 14.7 Å². The third kappa shape index (κ3) is 5.76. The molecule has 2 saturated heterocycles. The van der Waals surface area contributed by atoms with Gasteiger partial charge < -0.3 is 31.7 Å². The van der Waals surface area contributed by atoms with E-state index in [1.807, 2.05) is 4.90 Å². The number of aromatic nitrogens is 3. The van der Waals surface area contributed by atoms with Crippen molar-refractivity contribution in [3.63, 3.8) is 0 Å². The van der Waals surface area contributed by atoms with Crippen LogP contribution in [-0.4, -0.2) is 98.6 Å². The lowest BCUT2D eigenvalue weighted by Crippen LogP contribution is -2.59. The number of hydrogen-bond donors (Lipinski definition) is 4. The molecule has 3 aliphatic rings. The summed E-state index contributed by atoms with van der Waals surface area (Å²) in [6.45, 7) is 5.59. The van der Waals surface area contributed by atoms with Gasteiger partial charge in [-0.25, -0.2) is 15.0 Å². The largest absolute Gasteiger partial charge is 0.391 e. The molecule has 2 aliphatic heterocycles. The fourth-order valence-electron chi connectivity index (χ4n) is 5.78. The first-order valence-corrected chi connectivity index (χ1v) is 14.5. The molecule has 4 heterocycles. The number of piperazine rings is 1. The van der Waals surface area contributed by atoms with Crippen LogP contribution in [0.2, 0.25) is 10.3 Å². The van der Waals surface area contributed by atoms with Crippen LogP contribution in [0.4, 0.5) is 17.5 Å². The van der Waals surface area contributed by atoms with Crippen LogP contribution >= 0.6 is 23.2 Å². The quantitative estimate of drug-likeness (QED) is 0.363. The third-order valence-electron chi connectivity index (χ3n) is 8.27. The minimum absolute atomic E-state index is 0.00903. The first-order valence-electron chi connectivity index (χ1n) is 13.7. The second kappa shape index (κ2) is 11.9. The van der Waals surface area contributed by atoms with Crippen molar-refractivity contribution in [1.29, 1.82) is 0 Å². The van der Waals surface area contributed by atoms with Crippen LogP contribution in [0.3, 0.4) is 0 Å². The Morgan fingerprint density at radius 2 is 1.77 bits per heavy atom. The number of nitrogens with one attached hydrogen (secondary N) is 1. The number of aliphatic hydroxyl groups is 1. The van der Waals surface area contributed by atoms with Gasteiger partial charge in [-0.15, -0.1) is 0 Å². The molecule has 2 aromatic rings. The number of halogens is 2. The Morgan fingerprint density at radius 1 is 1.02 bits per heavy atom. The Labute approximate surface area is 243 Å². The summed E-state index contributed by atoms with van der Waals surface area (Å²) in [5, 5.41) is 12.9. The molecule has 3 fully saturated rings. The van der Waals surface area contributed by atoms with Crippen molar-refractivity contribution in [1.82, 2.24) is 30.1 Å². The van der Waals surface area contributed by atoms with E-state index >= 15 is 0 Å². The molecule has 14 heteroatoms. The second-order valence-corrected chi connectivity index (χ2v) is 11.4. The molecule has 0 bridgehead atoms. The summed E-state index contributed by atoms with van der Waals surface area (Å²) in [5.74, 6) is 0.0129. The average molecular weight is 593 g/mol. The van der Waals surface area contributed by atoms with E-state index in [1.54, 1.807) is 12.1 Å². The van der Waals surface area contributed by atoms with Crippen LogP contribution in [0, 0.1) is 0 Å². The molecule has 1 aliphatic carbocycles. The fourth-order valence-corrected chi connectivity index (χ4v) is 6.18. The average Bonchev–Trinajstić information content (AvgIpc) is 2.95. The van der Waals surface area contributed by atoms with Crippen LogP contribution in [0.5, 0.6) is 0 Å². The SMILES string of the molecule is CC[C@H]1CN(c2nc(N)c(C(=O)N[C@H]3CC[C@H]3O)nc2Cl)CCN1C1CCN(C(=O)c2ccc(Cl)nc2N)CC1. The number of aliphatic hydroxyl groups excluding tert-OH is 1. The van der Waals surface area contributed by atoms with E-state index in [2.05, 4.69) is 37.0 Å². The molecule has 12 nitrogen and oxygen atoms in total. The maximum absolute atomic E-state index is 13.0. The predicted octanol–water partition coefficient (Wildman–Crippen LogP) is 1.80. The molecule has 0 radical (unpaired) electrons. The normalized spacial score (nSPS) is 24.1. The second-order valence-electron chi connectivity index (χ2n) is 10.6. The lowest BCUT2D eigenvalue weighted by Gasteiger charge is -2.47. The van der Waals surface area contributed by atoms with E-state index in [0.29, 0.717) is 56.4 Å². The Bertz CT molecular complexity index is 1270. The Balaban J connectivity index is 1.20. The summed E-state index contributed by atoms with van der Waals surface area (Å²) < 4.78 is 0. The molecule has 6 N–H and O–H groups in total. The zero-order chi connectivity index (χ0) is 28.6. The van der Waals surface area contributed by atoms with Crippen molar-refractivity contribution >= 4 is 52.5 Å². The van der Waals surface area contributed by atoms with Gasteiger partial charge in [-0.05, 0) is 44.2 Å². The van der Waals surface area contributed by atoms with Gasteiger partial charge in [0.2, 0.25) is 0 Å². The number of nitrogen functional groups attached to an aromatic ring is 2. The van der Waals surface area contributed by atoms with Crippen LogP contribution < -0.4 is 21.7 Å². The van der Waals surface area contributed by atoms with Crippen LogP contribution in [0.1, 0.15) is 59.9 Å².